The summed E-state index contributed by atoms with van der Waals surface area (Å²) in [4.78, 5) is 23.6. The van der Waals surface area contributed by atoms with E-state index in [1.807, 2.05) is 0 Å². The molecule has 2 amide bonds. The molecule has 2 bridgehead atoms. The zero-order chi connectivity index (χ0) is 16.8. The van der Waals surface area contributed by atoms with Gasteiger partial charge in [-0.05, 0) is 60.3 Å². The first kappa shape index (κ1) is 16.0. The predicted octanol–water partition coefficient (Wildman–Crippen LogP) is 3.59. The standard InChI is InChI=1S/C19H26N2O2/c1-12(22)20-15-7-5-13(6-8-15)17(23)21-16-11-14-9-10-19(16,4)18(14,2)3/h5-8,14,16H,9-11H2,1-4H3,(H,20,22)(H,21,23). The maximum atomic E-state index is 12.6. The lowest BCUT2D eigenvalue weighted by Gasteiger charge is -2.39. The maximum Gasteiger partial charge on any atom is 0.251 e. The van der Waals surface area contributed by atoms with E-state index >= 15 is 0 Å². The van der Waals surface area contributed by atoms with Crippen LogP contribution < -0.4 is 10.6 Å². The van der Waals surface area contributed by atoms with Crippen molar-refractivity contribution in [1.82, 2.24) is 5.32 Å². The van der Waals surface area contributed by atoms with Crippen LogP contribution in [0.3, 0.4) is 0 Å². The zero-order valence-corrected chi connectivity index (χ0v) is 14.4. The Balaban J connectivity index is 1.70. The van der Waals surface area contributed by atoms with Crippen LogP contribution in [0, 0.1) is 16.7 Å². The Hall–Kier alpha value is -1.84. The number of hydrogen-bond donors (Lipinski definition) is 2. The average Bonchev–Trinajstić information content (AvgIpc) is 2.80. The fraction of sp³-hybridized carbons (Fsp3) is 0.579. The van der Waals surface area contributed by atoms with Gasteiger partial charge in [0.2, 0.25) is 5.91 Å². The number of nitrogens with one attached hydrogen (secondary N) is 2. The Kier molecular flexibility index (Phi) is 3.74. The highest BCUT2D eigenvalue weighted by Crippen LogP contribution is 2.65. The van der Waals surface area contributed by atoms with E-state index in [0.29, 0.717) is 22.6 Å². The van der Waals surface area contributed by atoms with Gasteiger partial charge in [0.25, 0.3) is 5.91 Å². The Morgan fingerprint density at radius 1 is 1.13 bits per heavy atom. The SMILES string of the molecule is CC(=O)Nc1ccc(C(=O)NC2CC3CCC2(C)C3(C)C)cc1. The van der Waals surface area contributed by atoms with Crippen molar-refractivity contribution in [3.63, 3.8) is 0 Å². The Morgan fingerprint density at radius 3 is 2.26 bits per heavy atom. The summed E-state index contributed by atoms with van der Waals surface area (Å²) in [6.45, 7) is 8.49. The molecule has 23 heavy (non-hydrogen) atoms. The summed E-state index contributed by atoms with van der Waals surface area (Å²) >= 11 is 0. The van der Waals surface area contributed by atoms with Crippen molar-refractivity contribution >= 4 is 17.5 Å². The molecule has 0 saturated heterocycles. The van der Waals surface area contributed by atoms with Crippen molar-refractivity contribution in [1.29, 1.82) is 0 Å². The molecule has 0 aliphatic heterocycles. The van der Waals surface area contributed by atoms with E-state index in [0.717, 1.165) is 6.42 Å². The zero-order valence-electron chi connectivity index (χ0n) is 14.4. The summed E-state index contributed by atoms with van der Waals surface area (Å²) in [5.74, 6) is 0.577. The lowest BCUT2D eigenvalue weighted by Crippen LogP contribution is -2.46. The van der Waals surface area contributed by atoms with E-state index in [2.05, 4.69) is 31.4 Å². The topological polar surface area (TPSA) is 58.2 Å². The van der Waals surface area contributed by atoms with Crippen LogP contribution in [-0.2, 0) is 4.79 Å². The third-order valence-electron chi connectivity index (χ3n) is 6.57. The average molecular weight is 314 g/mol. The monoisotopic (exact) mass is 314 g/mol. The third kappa shape index (κ3) is 2.54. The van der Waals surface area contributed by atoms with Crippen molar-refractivity contribution in [2.45, 2.75) is 53.0 Å². The molecule has 1 aromatic rings. The molecule has 3 rings (SSSR count). The van der Waals surface area contributed by atoms with Gasteiger partial charge in [0.05, 0.1) is 0 Å². The van der Waals surface area contributed by atoms with Crippen LogP contribution in [0.1, 0.15) is 57.3 Å². The second-order valence-corrected chi connectivity index (χ2v) is 7.90. The van der Waals surface area contributed by atoms with Crippen molar-refractivity contribution in [3.8, 4) is 0 Å². The molecule has 1 aromatic carbocycles. The molecular formula is C19H26N2O2. The predicted molar refractivity (Wildman–Crippen MR) is 91.2 cm³/mol. The van der Waals surface area contributed by atoms with Gasteiger partial charge in [-0.3, -0.25) is 9.59 Å². The molecule has 2 aliphatic rings. The third-order valence-corrected chi connectivity index (χ3v) is 6.57. The van der Waals surface area contributed by atoms with E-state index in [-0.39, 0.29) is 23.3 Å². The minimum atomic E-state index is -0.112. The highest BCUT2D eigenvalue weighted by molar-refractivity contribution is 5.95. The highest BCUT2D eigenvalue weighted by atomic mass is 16.2. The Morgan fingerprint density at radius 2 is 1.78 bits per heavy atom. The molecule has 2 N–H and O–H groups in total. The summed E-state index contributed by atoms with van der Waals surface area (Å²) in [5, 5.41) is 5.97. The molecule has 2 saturated carbocycles. The van der Waals surface area contributed by atoms with Crippen LogP contribution in [-0.4, -0.2) is 17.9 Å². The summed E-state index contributed by atoms with van der Waals surface area (Å²) < 4.78 is 0. The molecule has 3 atom stereocenters. The van der Waals surface area contributed by atoms with Crippen LogP contribution in [0.4, 0.5) is 5.69 Å². The Bertz CT molecular complexity index is 635. The first-order chi connectivity index (χ1) is 10.7. The fourth-order valence-corrected chi connectivity index (χ4v) is 4.57. The van der Waals surface area contributed by atoms with E-state index in [4.69, 9.17) is 0 Å². The van der Waals surface area contributed by atoms with Crippen LogP contribution in [0.5, 0.6) is 0 Å². The molecule has 4 heteroatoms. The normalized spacial score (nSPS) is 31.0. The summed E-state index contributed by atoms with van der Waals surface area (Å²) in [6, 6.07) is 7.31. The highest BCUT2D eigenvalue weighted by Gasteiger charge is 2.61. The lowest BCUT2D eigenvalue weighted by atomic mass is 9.69. The van der Waals surface area contributed by atoms with Crippen molar-refractivity contribution < 1.29 is 9.59 Å². The van der Waals surface area contributed by atoms with Gasteiger partial charge < -0.3 is 10.6 Å². The van der Waals surface area contributed by atoms with Crippen LogP contribution in [0.25, 0.3) is 0 Å². The van der Waals surface area contributed by atoms with Gasteiger partial charge in [-0.2, -0.15) is 0 Å². The minimum Gasteiger partial charge on any atom is -0.349 e. The number of rotatable bonds is 3. The molecule has 3 unspecified atom stereocenters. The molecule has 0 spiro atoms. The fourth-order valence-electron chi connectivity index (χ4n) is 4.57. The van der Waals surface area contributed by atoms with Gasteiger partial charge in [-0.15, -0.1) is 0 Å². The van der Waals surface area contributed by atoms with Gasteiger partial charge in [-0.25, -0.2) is 0 Å². The number of carbonyl (C=O) groups excluding carboxylic acids is 2. The van der Waals surface area contributed by atoms with Crippen molar-refractivity contribution in [2.75, 3.05) is 5.32 Å². The summed E-state index contributed by atoms with van der Waals surface area (Å²) in [6.07, 6.45) is 3.55. The molecule has 2 fully saturated rings. The second kappa shape index (κ2) is 5.36. The number of amides is 2. The molecule has 124 valence electrons. The largest absolute Gasteiger partial charge is 0.349 e. The van der Waals surface area contributed by atoms with E-state index in [1.165, 1.54) is 19.8 Å². The first-order valence-corrected chi connectivity index (χ1v) is 8.42. The number of carbonyl (C=O) groups is 2. The number of anilines is 1. The van der Waals surface area contributed by atoms with Gasteiger partial charge in [0, 0.05) is 24.2 Å². The molecule has 0 radical (unpaired) electrons. The lowest BCUT2D eigenvalue weighted by molar-refractivity contribution is -0.114. The van der Waals surface area contributed by atoms with Gasteiger partial charge >= 0.3 is 0 Å². The number of benzene rings is 1. The van der Waals surface area contributed by atoms with Gasteiger partial charge in [0.15, 0.2) is 0 Å². The molecule has 0 aromatic heterocycles. The second-order valence-electron chi connectivity index (χ2n) is 7.90. The Labute approximate surface area is 138 Å². The van der Waals surface area contributed by atoms with Gasteiger partial charge in [0.1, 0.15) is 0 Å². The smallest absolute Gasteiger partial charge is 0.251 e. The summed E-state index contributed by atoms with van der Waals surface area (Å²) in [7, 11) is 0. The van der Waals surface area contributed by atoms with E-state index in [9.17, 15) is 9.59 Å². The van der Waals surface area contributed by atoms with Crippen LogP contribution in [0.2, 0.25) is 0 Å². The van der Waals surface area contributed by atoms with Crippen LogP contribution >= 0.6 is 0 Å². The van der Waals surface area contributed by atoms with E-state index in [1.54, 1.807) is 24.3 Å². The first-order valence-electron chi connectivity index (χ1n) is 8.42. The minimum absolute atomic E-state index is 0.0195. The van der Waals surface area contributed by atoms with E-state index < -0.39 is 0 Å². The quantitative estimate of drug-likeness (QED) is 0.895. The van der Waals surface area contributed by atoms with Crippen LogP contribution in [0.15, 0.2) is 24.3 Å². The summed E-state index contributed by atoms with van der Waals surface area (Å²) in [5.41, 5.74) is 1.83. The number of fused-ring (bicyclic) bond motifs is 2. The molecule has 2 aliphatic carbocycles. The van der Waals surface area contributed by atoms with Crippen molar-refractivity contribution in [3.05, 3.63) is 29.8 Å². The van der Waals surface area contributed by atoms with Gasteiger partial charge in [-0.1, -0.05) is 20.8 Å². The molecule has 0 heterocycles. The number of hydrogen-bond acceptors (Lipinski definition) is 2. The van der Waals surface area contributed by atoms with Crippen molar-refractivity contribution in [2.24, 2.45) is 16.7 Å². The molecule has 4 nitrogen and oxygen atoms in total. The molecular weight excluding hydrogens is 288 g/mol. The maximum absolute atomic E-state index is 12.6.